The molecule has 1 saturated carbocycles. The van der Waals surface area contributed by atoms with Crippen LogP contribution >= 0.6 is 0 Å². The predicted molar refractivity (Wildman–Crippen MR) is 92.1 cm³/mol. The van der Waals surface area contributed by atoms with Crippen molar-refractivity contribution >= 4 is 11.8 Å². The van der Waals surface area contributed by atoms with E-state index in [1.807, 2.05) is 4.57 Å². The summed E-state index contributed by atoms with van der Waals surface area (Å²) < 4.78 is 1.96. The molecule has 2 aliphatic rings. The molecule has 0 radical (unpaired) electrons. The van der Waals surface area contributed by atoms with Gasteiger partial charge < -0.3 is 15.2 Å². The molecule has 2 N–H and O–H groups in total. The summed E-state index contributed by atoms with van der Waals surface area (Å²) in [6.45, 7) is 5.51. The molecule has 1 fully saturated rings. The van der Waals surface area contributed by atoms with Gasteiger partial charge in [0.25, 0.3) is 11.8 Å². The van der Waals surface area contributed by atoms with Crippen LogP contribution in [0.3, 0.4) is 0 Å². The lowest BCUT2D eigenvalue weighted by molar-refractivity contribution is 0.0921. The van der Waals surface area contributed by atoms with Crippen molar-refractivity contribution in [3.05, 3.63) is 17.2 Å². The highest BCUT2D eigenvalue weighted by atomic mass is 16.2. The summed E-state index contributed by atoms with van der Waals surface area (Å²) in [5, 5.41) is 6.02. The van der Waals surface area contributed by atoms with E-state index in [9.17, 15) is 9.59 Å². The smallest absolute Gasteiger partial charge is 0.287 e. The van der Waals surface area contributed by atoms with E-state index in [0.717, 1.165) is 44.3 Å². The van der Waals surface area contributed by atoms with Crippen LogP contribution in [0.2, 0.25) is 0 Å². The van der Waals surface area contributed by atoms with Crippen LogP contribution in [0.4, 0.5) is 0 Å². The summed E-state index contributed by atoms with van der Waals surface area (Å²) in [7, 11) is 0. The highest BCUT2D eigenvalue weighted by molar-refractivity contribution is 5.97. The lowest BCUT2D eigenvalue weighted by atomic mass is 10.1. The minimum Gasteiger partial charge on any atom is -0.350 e. The monoisotopic (exact) mass is 332 g/mol. The average Bonchev–Trinajstić information content (AvgIpc) is 3.20. The Kier molecular flexibility index (Phi) is 5.21. The molecular formula is C18H28N4O2. The summed E-state index contributed by atoms with van der Waals surface area (Å²) in [4.78, 5) is 29.6. The molecule has 0 spiro atoms. The molecule has 0 aromatic carbocycles. The second-order valence-electron chi connectivity index (χ2n) is 7.40. The van der Waals surface area contributed by atoms with E-state index in [1.54, 1.807) is 0 Å². The maximum absolute atomic E-state index is 12.6. The summed E-state index contributed by atoms with van der Waals surface area (Å²) in [5.74, 6) is 0.506. The summed E-state index contributed by atoms with van der Waals surface area (Å²) in [6, 6.07) is 0.257. The van der Waals surface area contributed by atoms with Gasteiger partial charge in [-0.05, 0) is 38.0 Å². The van der Waals surface area contributed by atoms with E-state index < -0.39 is 0 Å². The lowest BCUT2D eigenvalue weighted by Crippen LogP contribution is -2.35. The van der Waals surface area contributed by atoms with Crippen molar-refractivity contribution < 1.29 is 9.59 Å². The number of fused-ring (bicyclic) bond motifs is 1. The van der Waals surface area contributed by atoms with Gasteiger partial charge in [0.2, 0.25) is 0 Å². The molecule has 0 atom stereocenters. The van der Waals surface area contributed by atoms with Gasteiger partial charge in [-0.3, -0.25) is 9.59 Å². The van der Waals surface area contributed by atoms with Crippen LogP contribution in [0.1, 0.15) is 79.2 Å². The Morgan fingerprint density at radius 3 is 2.62 bits per heavy atom. The number of nitrogens with zero attached hydrogens (tertiary/aromatic N) is 2. The van der Waals surface area contributed by atoms with Crippen LogP contribution in [-0.2, 0) is 13.0 Å². The Balaban J connectivity index is 1.81. The van der Waals surface area contributed by atoms with Crippen molar-refractivity contribution in [2.75, 3.05) is 6.54 Å². The van der Waals surface area contributed by atoms with Crippen LogP contribution in [0.5, 0.6) is 0 Å². The van der Waals surface area contributed by atoms with Gasteiger partial charge in [0, 0.05) is 19.1 Å². The minimum atomic E-state index is -0.158. The number of carbonyl (C=O) groups is 2. The first-order valence-corrected chi connectivity index (χ1v) is 9.24. The first-order chi connectivity index (χ1) is 11.6. The summed E-state index contributed by atoms with van der Waals surface area (Å²) in [6.07, 6.45) is 7.32. The third kappa shape index (κ3) is 3.62. The van der Waals surface area contributed by atoms with E-state index in [4.69, 9.17) is 0 Å². The fraction of sp³-hybridized carbons (Fsp3) is 0.722. The number of hydrogen-bond acceptors (Lipinski definition) is 3. The molecule has 6 heteroatoms. The highest BCUT2D eigenvalue weighted by Gasteiger charge is 2.28. The number of rotatable bonds is 5. The van der Waals surface area contributed by atoms with Gasteiger partial charge in [0.15, 0.2) is 5.82 Å². The number of aromatic nitrogens is 2. The molecule has 2 heterocycles. The maximum atomic E-state index is 12.6. The van der Waals surface area contributed by atoms with Crippen molar-refractivity contribution in [1.29, 1.82) is 0 Å². The molecular weight excluding hydrogens is 304 g/mol. The summed E-state index contributed by atoms with van der Waals surface area (Å²) in [5.41, 5.74) is 1.35. The van der Waals surface area contributed by atoms with Crippen molar-refractivity contribution in [1.82, 2.24) is 20.2 Å². The summed E-state index contributed by atoms with van der Waals surface area (Å²) >= 11 is 0. The van der Waals surface area contributed by atoms with E-state index in [-0.39, 0.29) is 17.9 Å². The van der Waals surface area contributed by atoms with Gasteiger partial charge >= 0.3 is 0 Å². The molecule has 3 rings (SSSR count). The molecule has 0 unspecified atom stereocenters. The first kappa shape index (κ1) is 17.0. The number of carbonyl (C=O) groups excluding carboxylic acids is 2. The molecule has 0 saturated heterocycles. The van der Waals surface area contributed by atoms with Crippen LogP contribution < -0.4 is 10.6 Å². The topological polar surface area (TPSA) is 76.0 Å². The molecule has 6 nitrogen and oxygen atoms in total. The number of amides is 2. The van der Waals surface area contributed by atoms with Crippen LogP contribution in [-0.4, -0.2) is 34.0 Å². The zero-order chi connectivity index (χ0) is 17.1. The fourth-order valence-corrected chi connectivity index (χ4v) is 3.60. The largest absolute Gasteiger partial charge is 0.350 e. The standard InChI is InChI=1S/C18H28N4O2/c1-12(2)11-19-17(23)15-14-9-5-6-10-22(14)16(21-15)18(24)20-13-7-3-4-8-13/h12-13H,3-11H2,1-2H3,(H,19,23)(H,20,24). The Morgan fingerprint density at radius 2 is 1.92 bits per heavy atom. The van der Waals surface area contributed by atoms with Gasteiger partial charge in [0.1, 0.15) is 5.69 Å². The fourth-order valence-electron chi connectivity index (χ4n) is 3.60. The molecule has 2 amide bonds. The van der Waals surface area contributed by atoms with Crippen molar-refractivity contribution in [3.63, 3.8) is 0 Å². The average molecular weight is 332 g/mol. The van der Waals surface area contributed by atoms with E-state index in [1.165, 1.54) is 12.8 Å². The van der Waals surface area contributed by atoms with Crippen molar-refractivity contribution in [3.8, 4) is 0 Å². The molecule has 1 aromatic heterocycles. The molecule has 24 heavy (non-hydrogen) atoms. The zero-order valence-electron chi connectivity index (χ0n) is 14.7. The van der Waals surface area contributed by atoms with E-state index >= 15 is 0 Å². The number of hydrogen-bond donors (Lipinski definition) is 2. The first-order valence-electron chi connectivity index (χ1n) is 9.24. The van der Waals surface area contributed by atoms with Gasteiger partial charge in [-0.2, -0.15) is 0 Å². The number of imidazole rings is 1. The van der Waals surface area contributed by atoms with Crippen molar-refractivity contribution in [2.24, 2.45) is 5.92 Å². The van der Waals surface area contributed by atoms with Gasteiger partial charge in [0.05, 0.1) is 5.69 Å². The van der Waals surface area contributed by atoms with Gasteiger partial charge in [-0.1, -0.05) is 26.7 Å². The zero-order valence-corrected chi connectivity index (χ0v) is 14.7. The van der Waals surface area contributed by atoms with Crippen LogP contribution in [0, 0.1) is 5.92 Å². The predicted octanol–water partition coefficient (Wildman–Crippen LogP) is 2.28. The Hall–Kier alpha value is -1.85. The number of nitrogens with one attached hydrogen (secondary N) is 2. The van der Waals surface area contributed by atoms with Crippen LogP contribution in [0.15, 0.2) is 0 Å². The van der Waals surface area contributed by atoms with Crippen LogP contribution in [0.25, 0.3) is 0 Å². The lowest BCUT2D eigenvalue weighted by Gasteiger charge is -2.18. The maximum Gasteiger partial charge on any atom is 0.287 e. The second kappa shape index (κ2) is 7.36. The Labute approximate surface area is 143 Å². The Bertz CT molecular complexity index is 615. The SMILES string of the molecule is CC(C)CNC(=O)c1nc(C(=O)NC2CCCC2)n2c1CCCC2. The molecule has 1 aromatic rings. The second-order valence-corrected chi connectivity index (χ2v) is 7.40. The van der Waals surface area contributed by atoms with E-state index in [0.29, 0.717) is 24.0 Å². The molecule has 1 aliphatic carbocycles. The highest BCUT2D eigenvalue weighted by Crippen LogP contribution is 2.22. The molecule has 0 bridgehead atoms. The Morgan fingerprint density at radius 1 is 1.17 bits per heavy atom. The molecule has 132 valence electrons. The van der Waals surface area contributed by atoms with Crippen molar-refractivity contribution in [2.45, 2.75) is 71.4 Å². The third-order valence-corrected chi connectivity index (χ3v) is 4.90. The van der Waals surface area contributed by atoms with E-state index in [2.05, 4.69) is 29.5 Å². The quantitative estimate of drug-likeness (QED) is 0.868. The third-order valence-electron chi connectivity index (χ3n) is 4.90. The van der Waals surface area contributed by atoms with Gasteiger partial charge in [-0.25, -0.2) is 4.98 Å². The minimum absolute atomic E-state index is 0.132. The normalized spacial score (nSPS) is 17.8. The molecule has 1 aliphatic heterocycles. The van der Waals surface area contributed by atoms with Gasteiger partial charge in [-0.15, -0.1) is 0 Å².